The molecule has 1 unspecified atom stereocenters. The lowest BCUT2D eigenvalue weighted by molar-refractivity contribution is -0.166. The molecule has 0 aliphatic rings. The zero-order valence-electron chi connectivity index (χ0n) is 12.3. The van der Waals surface area contributed by atoms with Crippen molar-refractivity contribution in [2.24, 2.45) is 0 Å². The number of rotatable bonds is 7. The van der Waals surface area contributed by atoms with E-state index in [2.05, 4.69) is 17.7 Å². The van der Waals surface area contributed by atoms with E-state index in [1.54, 1.807) is 6.92 Å². The molecule has 0 saturated carbocycles. The quantitative estimate of drug-likeness (QED) is 0.567. The van der Waals surface area contributed by atoms with E-state index >= 15 is 0 Å². The van der Waals surface area contributed by atoms with Gasteiger partial charge in [0.2, 0.25) is 6.79 Å². The Hall–Kier alpha value is -1.84. The highest BCUT2D eigenvalue weighted by Gasteiger charge is 2.17. The van der Waals surface area contributed by atoms with Crippen LogP contribution in [0.25, 0.3) is 0 Å². The van der Waals surface area contributed by atoms with Crippen molar-refractivity contribution >= 4 is 11.9 Å². The fourth-order valence-corrected chi connectivity index (χ4v) is 1.83. The molecule has 20 heavy (non-hydrogen) atoms. The van der Waals surface area contributed by atoms with Crippen molar-refractivity contribution in [1.29, 1.82) is 0 Å². The lowest BCUT2D eigenvalue weighted by atomic mass is 9.97. The van der Waals surface area contributed by atoms with E-state index in [1.807, 2.05) is 18.2 Å². The van der Waals surface area contributed by atoms with Gasteiger partial charge in [0.1, 0.15) is 0 Å². The van der Waals surface area contributed by atoms with Gasteiger partial charge in [0.15, 0.2) is 0 Å². The molecule has 110 valence electrons. The summed E-state index contributed by atoms with van der Waals surface area (Å²) in [5.74, 6) is -1.22. The van der Waals surface area contributed by atoms with Crippen LogP contribution >= 0.6 is 0 Å². The van der Waals surface area contributed by atoms with Crippen molar-refractivity contribution in [2.45, 2.75) is 46.0 Å². The maximum Gasteiger partial charge on any atom is 0.316 e. The van der Waals surface area contributed by atoms with Gasteiger partial charge in [-0.1, -0.05) is 37.6 Å². The van der Waals surface area contributed by atoms with E-state index in [-0.39, 0.29) is 18.7 Å². The van der Waals surface area contributed by atoms with Gasteiger partial charge in [-0.25, -0.2) is 0 Å². The third-order valence-electron chi connectivity index (χ3n) is 3.09. The van der Waals surface area contributed by atoms with E-state index < -0.39 is 5.97 Å². The number of carbonyl (C=O) groups excluding carboxylic acids is 2. The Morgan fingerprint density at radius 1 is 1.25 bits per heavy atom. The Morgan fingerprint density at radius 2 is 2.00 bits per heavy atom. The minimum absolute atomic E-state index is 0.325. The second kappa shape index (κ2) is 8.35. The van der Waals surface area contributed by atoms with Gasteiger partial charge >= 0.3 is 11.9 Å². The van der Waals surface area contributed by atoms with Crippen molar-refractivity contribution in [3.8, 4) is 0 Å². The van der Waals surface area contributed by atoms with Crippen LogP contribution in [0, 0.1) is 0 Å². The number of esters is 2. The summed E-state index contributed by atoms with van der Waals surface area (Å²) in [7, 11) is 0. The van der Waals surface area contributed by atoms with Crippen molar-refractivity contribution in [3.63, 3.8) is 0 Å². The zero-order chi connectivity index (χ0) is 15.0. The number of aryl methyl sites for hydroxylation is 1. The standard InChI is InChI=1S/C16H22O4/c1-4-5-7-14-8-6-9-15(10-14)12(2)16(18)20-11-19-13(3)17/h6,8-10,12H,4-5,7,11H2,1-3H3. The number of unbranched alkanes of at least 4 members (excludes halogenated alkanes) is 1. The Kier molecular flexibility index (Phi) is 6.77. The van der Waals surface area contributed by atoms with Crippen molar-refractivity contribution in [1.82, 2.24) is 0 Å². The molecule has 1 rings (SSSR count). The van der Waals surface area contributed by atoms with Crippen LogP contribution in [0.5, 0.6) is 0 Å². The molecular formula is C16H22O4. The summed E-state index contributed by atoms with van der Waals surface area (Å²) in [5.41, 5.74) is 2.15. The van der Waals surface area contributed by atoms with Gasteiger partial charge in [-0.2, -0.15) is 0 Å². The molecule has 0 radical (unpaired) electrons. The maximum atomic E-state index is 11.8. The van der Waals surface area contributed by atoms with Crippen LogP contribution < -0.4 is 0 Å². The van der Waals surface area contributed by atoms with Crippen LogP contribution in [-0.4, -0.2) is 18.7 Å². The van der Waals surface area contributed by atoms with E-state index in [0.717, 1.165) is 24.8 Å². The van der Waals surface area contributed by atoms with Crippen LogP contribution in [0.15, 0.2) is 24.3 Å². The average Bonchev–Trinajstić information content (AvgIpc) is 2.44. The Labute approximate surface area is 120 Å². The molecule has 0 saturated heterocycles. The van der Waals surface area contributed by atoms with Gasteiger partial charge < -0.3 is 9.47 Å². The Bertz CT molecular complexity index is 454. The number of benzene rings is 1. The fraction of sp³-hybridized carbons (Fsp3) is 0.500. The van der Waals surface area contributed by atoms with Gasteiger partial charge in [0.05, 0.1) is 5.92 Å². The van der Waals surface area contributed by atoms with Crippen LogP contribution in [-0.2, 0) is 25.5 Å². The molecule has 0 heterocycles. The Balaban J connectivity index is 2.59. The molecule has 0 aliphatic carbocycles. The normalized spacial score (nSPS) is 11.8. The monoisotopic (exact) mass is 278 g/mol. The van der Waals surface area contributed by atoms with Crippen LogP contribution in [0.4, 0.5) is 0 Å². The van der Waals surface area contributed by atoms with E-state index in [9.17, 15) is 9.59 Å². The van der Waals surface area contributed by atoms with Crippen LogP contribution in [0.3, 0.4) is 0 Å². The third-order valence-corrected chi connectivity index (χ3v) is 3.09. The molecule has 1 aromatic rings. The van der Waals surface area contributed by atoms with E-state index in [1.165, 1.54) is 12.5 Å². The predicted molar refractivity (Wildman–Crippen MR) is 76.2 cm³/mol. The highest BCUT2D eigenvalue weighted by molar-refractivity contribution is 5.77. The van der Waals surface area contributed by atoms with Gasteiger partial charge in [-0.15, -0.1) is 0 Å². The molecule has 0 fully saturated rings. The summed E-state index contributed by atoms with van der Waals surface area (Å²) >= 11 is 0. The van der Waals surface area contributed by atoms with Gasteiger partial charge in [0.25, 0.3) is 0 Å². The van der Waals surface area contributed by atoms with Crippen LogP contribution in [0.1, 0.15) is 50.7 Å². The average molecular weight is 278 g/mol. The van der Waals surface area contributed by atoms with E-state index in [0.29, 0.717) is 0 Å². The lowest BCUT2D eigenvalue weighted by Crippen LogP contribution is -2.16. The minimum Gasteiger partial charge on any atom is -0.428 e. The first-order valence-electron chi connectivity index (χ1n) is 6.93. The summed E-state index contributed by atoms with van der Waals surface area (Å²) in [6, 6.07) is 7.97. The fourth-order valence-electron chi connectivity index (χ4n) is 1.83. The molecule has 4 heteroatoms. The first kappa shape index (κ1) is 16.2. The van der Waals surface area contributed by atoms with E-state index in [4.69, 9.17) is 4.74 Å². The van der Waals surface area contributed by atoms with Crippen LogP contribution in [0.2, 0.25) is 0 Å². The molecule has 0 amide bonds. The van der Waals surface area contributed by atoms with Gasteiger partial charge in [0, 0.05) is 6.92 Å². The topological polar surface area (TPSA) is 52.6 Å². The second-order valence-corrected chi connectivity index (χ2v) is 4.79. The summed E-state index contributed by atoms with van der Waals surface area (Å²) in [6.07, 6.45) is 3.29. The smallest absolute Gasteiger partial charge is 0.316 e. The number of hydrogen-bond acceptors (Lipinski definition) is 4. The molecule has 0 bridgehead atoms. The first-order chi connectivity index (χ1) is 9.54. The summed E-state index contributed by atoms with van der Waals surface area (Å²) in [4.78, 5) is 22.4. The second-order valence-electron chi connectivity index (χ2n) is 4.79. The lowest BCUT2D eigenvalue weighted by Gasteiger charge is -2.12. The highest BCUT2D eigenvalue weighted by Crippen LogP contribution is 2.19. The number of hydrogen-bond donors (Lipinski definition) is 0. The molecule has 0 aromatic heterocycles. The summed E-state index contributed by atoms with van der Waals surface area (Å²) in [5, 5.41) is 0. The first-order valence-corrected chi connectivity index (χ1v) is 6.93. The molecule has 0 N–H and O–H groups in total. The molecule has 4 nitrogen and oxygen atoms in total. The molecule has 1 aromatic carbocycles. The summed E-state index contributed by atoms with van der Waals surface area (Å²) in [6.45, 7) is 4.89. The van der Waals surface area contributed by atoms with Crippen molar-refractivity contribution < 1.29 is 19.1 Å². The highest BCUT2D eigenvalue weighted by atomic mass is 16.7. The Morgan fingerprint density at radius 3 is 2.65 bits per heavy atom. The summed E-state index contributed by atoms with van der Waals surface area (Å²) < 4.78 is 9.50. The van der Waals surface area contributed by atoms with Crippen molar-refractivity contribution in [3.05, 3.63) is 35.4 Å². The number of carbonyl (C=O) groups is 2. The minimum atomic E-state index is -0.466. The molecule has 0 spiro atoms. The molecule has 0 aliphatic heterocycles. The SMILES string of the molecule is CCCCc1cccc(C(C)C(=O)OCOC(C)=O)c1. The van der Waals surface area contributed by atoms with Gasteiger partial charge in [-0.05, 0) is 30.9 Å². The molecular weight excluding hydrogens is 256 g/mol. The zero-order valence-corrected chi connectivity index (χ0v) is 12.3. The van der Waals surface area contributed by atoms with Gasteiger partial charge in [-0.3, -0.25) is 9.59 Å². The molecule has 1 atom stereocenters. The van der Waals surface area contributed by atoms with Crippen molar-refractivity contribution in [2.75, 3.05) is 6.79 Å². The largest absolute Gasteiger partial charge is 0.428 e. The number of ether oxygens (including phenoxy) is 2. The predicted octanol–water partition coefficient (Wildman–Crippen LogP) is 3.20. The maximum absolute atomic E-state index is 11.8. The third kappa shape index (κ3) is 5.43.